The van der Waals surface area contributed by atoms with Crippen LogP contribution in [0.15, 0.2) is 52.3 Å². The first-order valence-corrected chi connectivity index (χ1v) is 13.4. The van der Waals surface area contributed by atoms with Crippen molar-refractivity contribution in [3.63, 3.8) is 0 Å². The molecule has 1 saturated heterocycles. The molecule has 1 fully saturated rings. The van der Waals surface area contributed by atoms with Crippen LogP contribution in [-0.4, -0.2) is 66.9 Å². The molecule has 0 spiro atoms. The second-order valence-corrected chi connectivity index (χ2v) is 11.5. The van der Waals surface area contributed by atoms with Crippen LogP contribution >= 0.6 is 11.8 Å². The number of rotatable bonds is 6. The van der Waals surface area contributed by atoms with Gasteiger partial charge in [-0.15, -0.1) is 0 Å². The number of halogens is 3. The van der Waals surface area contributed by atoms with Gasteiger partial charge in [-0.1, -0.05) is 23.9 Å². The van der Waals surface area contributed by atoms with Gasteiger partial charge >= 0.3 is 12.3 Å². The highest BCUT2D eigenvalue weighted by Crippen LogP contribution is 2.49. The van der Waals surface area contributed by atoms with Crippen LogP contribution in [0.5, 0.6) is 0 Å². The van der Waals surface area contributed by atoms with Gasteiger partial charge in [0.2, 0.25) is 0 Å². The van der Waals surface area contributed by atoms with Crippen LogP contribution < -0.4 is 10.2 Å². The lowest BCUT2D eigenvalue weighted by Crippen LogP contribution is -2.55. The van der Waals surface area contributed by atoms with E-state index in [0.29, 0.717) is 12.2 Å². The third-order valence-electron chi connectivity index (χ3n) is 6.49. The van der Waals surface area contributed by atoms with E-state index in [2.05, 4.69) is 15.1 Å². The van der Waals surface area contributed by atoms with Gasteiger partial charge in [0.05, 0.1) is 23.1 Å². The van der Waals surface area contributed by atoms with Gasteiger partial charge in [0.25, 0.3) is 0 Å². The van der Waals surface area contributed by atoms with Crippen molar-refractivity contribution < 1.29 is 22.7 Å². The lowest BCUT2D eigenvalue weighted by molar-refractivity contribution is -0.137. The summed E-state index contributed by atoms with van der Waals surface area (Å²) in [5.74, 6) is 0. The first-order chi connectivity index (χ1) is 17.4. The maximum absolute atomic E-state index is 13.4. The van der Waals surface area contributed by atoms with Gasteiger partial charge in [-0.3, -0.25) is 4.90 Å². The molecule has 0 aliphatic carbocycles. The number of nitrogens with one attached hydrogen (secondary N) is 1. The fourth-order valence-corrected chi connectivity index (χ4v) is 5.72. The van der Waals surface area contributed by atoms with E-state index >= 15 is 0 Å². The minimum atomic E-state index is -4.38. The number of carbonyl (C=O) groups excluding carboxylic acids is 1. The van der Waals surface area contributed by atoms with Crippen molar-refractivity contribution in [2.45, 2.75) is 61.8 Å². The number of piperazine rings is 1. The smallest absolute Gasteiger partial charge is 0.416 e. The highest BCUT2D eigenvalue weighted by Gasteiger charge is 2.33. The molecule has 1 atom stereocenters. The fourth-order valence-electron chi connectivity index (χ4n) is 4.64. The maximum Gasteiger partial charge on any atom is 0.416 e. The van der Waals surface area contributed by atoms with Gasteiger partial charge in [-0.25, -0.2) is 4.79 Å². The average Bonchev–Trinajstić information content (AvgIpc) is 2.82. The van der Waals surface area contributed by atoms with Crippen LogP contribution in [0.2, 0.25) is 0 Å². The van der Waals surface area contributed by atoms with Gasteiger partial charge < -0.3 is 19.9 Å². The number of para-hydroxylation sites is 1. The molecule has 1 unspecified atom stereocenters. The Kier molecular flexibility index (Phi) is 8.30. The number of alkyl carbamates (subject to hydrolysis) is 1. The second kappa shape index (κ2) is 11.1. The molecule has 10 heteroatoms. The lowest BCUT2D eigenvalue weighted by atomic mass is 10.1. The average molecular weight is 537 g/mol. The van der Waals surface area contributed by atoms with E-state index in [4.69, 9.17) is 4.74 Å². The quantitative estimate of drug-likeness (QED) is 0.475. The van der Waals surface area contributed by atoms with E-state index in [-0.39, 0.29) is 6.17 Å². The highest BCUT2D eigenvalue weighted by molar-refractivity contribution is 7.99. The highest BCUT2D eigenvalue weighted by atomic mass is 32.2. The van der Waals surface area contributed by atoms with Crippen molar-refractivity contribution in [3.8, 4) is 0 Å². The Hall–Kier alpha value is -2.43. The van der Waals surface area contributed by atoms with Gasteiger partial charge in [0.15, 0.2) is 0 Å². The van der Waals surface area contributed by atoms with Crippen LogP contribution in [0.3, 0.4) is 0 Å². The molecule has 37 heavy (non-hydrogen) atoms. The number of anilines is 2. The number of amides is 1. The molecule has 0 aromatic heterocycles. The Morgan fingerprint density at radius 1 is 1.00 bits per heavy atom. The van der Waals surface area contributed by atoms with Crippen LogP contribution in [0, 0.1) is 0 Å². The maximum atomic E-state index is 13.4. The molecule has 2 aliphatic heterocycles. The number of nitrogens with zero attached hydrogens (tertiary/aromatic N) is 3. The summed E-state index contributed by atoms with van der Waals surface area (Å²) < 4.78 is 45.7. The van der Waals surface area contributed by atoms with Gasteiger partial charge in [0.1, 0.15) is 5.60 Å². The molecule has 202 valence electrons. The van der Waals surface area contributed by atoms with E-state index < -0.39 is 23.4 Å². The van der Waals surface area contributed by atoms with Crippen molar-refractivity contribution in [1.29, 1.82) is 0 Å². The molecule has 0 radical (unpaired) electrons. The third kappa shape index (κ3) is 7.12. The molecule has 4 rings (SSSR count). The fraction of sp³-hybridized carbons (Fsp3) is 0.519. The number of carbonyl (C=O) groups is 1. The van der Waals surface area contributed by atoms with Crippen molar-refractivity contribution in [2.24, 2.45) is 0 Å². The number of benzene rings is 2. The van der Waals surface area contributed by atoms with Crippen molar-refractivity contribution in [2.75, 3.05) is 44.2 Å². The van der Waals surface area contributed by atoms with Crippen LogP contribution in [0.25, 0.3) is 0 Å². The molecule has 1 amide bonds. The summed E-state index contributed by atoms with van der Waals surface area (Å²) in [4.78, 5) is 20.6. The summed E-state index contributed by atoms with van der Waals surface area (Å²) >= 11 is 1.51. The van der Waals surface area contributed by atoms with E-state index in [9.17, 15) is 18.0 Å². The van der Waals surface area contributed by atoms with E-state index in [1.54, 1.807) is 6.07 Å². The number of hydrogen-bond acceptors (Lipinski definition) is 6. The van der Waals surface area contributed by atoms with Crippen LogP contribution in [-0.2, 0) is 10.9 Å². The van der Waals surface area contributed by atoms with Crippen LogP contribution in [0.1, 0.15) is 39.7 Å². The molecule has 0 saturated carbocycles. The summed E-state index contributed by atoms with van der Waals surface area (Å²) in [7, 11) is 0. The first kappa shape index (κ1) is 27.6. The van der Waals surface area contributed by atoms with Crippen LogP contribution in [0.4, 0.5) is 29.3 Å². The topological polar surface area (TPSA) is 48.1 Å². The molecule has 2 heterocycles. The first-order valence-electron chi connectivity index (χ1n) is 12.6. The van der Waals surface area contributed by atoms with Crippen molar-refractivity contribution in [3.05, 3.63) is 48.0 Å². The zero-order chi connectivity index (χ0) is 26.8. The molecular weight excluding hydrogens is 501 g/mol. The van der Waals surface area contributed by atoms with E-state index in [0.717, 1.165) is 60.7 Å². The minimum absolute atomic E-state index is 0.126. The summed E-state index contributed by atoms with van der Waals surface area (Å²) in [6, 6.07) is 11.9. The zero-order valence-electron chi connectivity index (χ0n) is 21.8. The SMILES string of the molecule is CC(NC(=O)OC(C)(C)C)N1CCN(CCCN2c3ccccc3Sc3ccc(C(F)(F)F)cc32)CC1. The predicted octanol–water partition coefficient (Wildman–Crippen LogP) is 6.19. The van der Waals surface area contributed by atoms with Crippen molar-refractivity contribution >= 4 is 29.2 Å². The summed E-state index contributed by atoms with van der Waals surface area (Å²) in [5.41, 5.74) is 0.406. The third-order valence-corrected chi connectivity index (χ3v) is 7.62. The molecule has 2 aromatic rings. The minimum Gasteiger partial charge on any atom is -0.444 e. The Bertz CT molecular complexity index is 1100. The lowest BCUT2D eigenvalue weighted by Gasteiger charge is -2.39. The normalized spacial score (nSPS) is 17.6. The predicted molar refractivity (Wildman–Crippen MR) is 140 cm³/mol. The Balaban J connectivity index is 1.33. The molecule has 2 aliphatic rings. The standard InChI is InChI=1S/C27H35F3N4O2S/c1-19(31-25(35)36-26(2,3)4)33-16-14-32(15-17-33)12-7-13-34-21-8-5-6-9-23(21)37-24-11-10-20(18-22(24)34)27(28,29)30/h5-6,8-11,18-19H,7,12-17H2,1-4H3,(H,31,35). The van der Waals surface area contributed by atoms with Gasteiger partial charge in [-0.2, -0.15) is 13.2 Å². The Morgan fingerprint density at radius 2 is 1.68 bits per heavy atom. The molecule has 0 bridgehead atoms. The largest absolute Gasteiger partial charge is 0.444 e. The zero-order valence-corrected chi connectivity index (χ0v) is 22.6. The molecule has 1 N–H and O–H groups in total. The van der Waals surface area contributed by atoms with Gasteiger partial charge in [-0.05, 0) is 71.0 Å². The number of fused-ring (bicyclic) bond motifs is 2. The summed E-state index contributed by atoms with van der Waals surface area (Å²) in [6.45, 7) is 12.3. The van der Waals surface area contributed by atoms with E-state index in [1.165, 1.54) is 17.8 Å². The second-order valence-electron chi connectivity index (χ2n) is 10.5. The summed E-state index contributed by atoms with van der Waals surface area (Å²) in [6.07, 6.45) is -4.10. The Labute approximate surface area is 221 Å². The summed E-state index contributed by atoms with van der Waals surface area (Å²) in [5, 5.41) is 2.90. The molecular formula is C27H35F3N4O2S. The Morgan fingerprint density at radius 3 is 2.35 bits per heavy atom. The van der Waals surface area contributed by atoms with Crippen molar-refractivity contribution in [1.82, 2.24) is 15.1 Å². The number of alkyl halides is 3. The molecule has 6 nitrogen and oxygen atoms in total. The molecule has 2 aromatic carbocycles. The number of ether oxygens (including phenoxy) is 1. The number of hydrogen-bond donors (Lipinski definition) is 1. The van der Waals surface area contributed by atoms with Gasteiger partial charge in [0, 0.05) is 42.5 Å². The monoisotopic (exact) mass is 536 g/mol. The van der Waals surface area contributed by atoms with E-state index in [1.807, 2.05) is 56.9 Å².